The predicted octanol–water partition coefficient (Wildman–Crippen LogP) is 5.63. The number of aryl methyl sites for hydroxylation is 1. The van der Waals surface area contributed by atoms with Crippen molar-refractivity contribution in [2.45, 2.75) is 39.5 Å². The van der Waals surface area contributed by atoms with Crippen LogP contribution in [-0.2, 0) is 15.7 Å². The molecule has 0 radical (unpaired) electrons. The van der Waals surface area contributed by atoms with Gasteiger partial charge in [0.1, 0.15) is 17.1 Å². The van der Waals surface area contributed by atoms with Crippen molar-refractivity contribution in [3.63, 3.8) is 0 Å². The molecule has 3 rings (SSSR count). The highest BCUT2D eigenvalue weighted by Crippen LogP contribution is 2.38. The number of carbonyl (C=O) groups is 1. The summed E-state index contributed by atoms with van der Waals surface area (Å²) >= 11 is 0. The van der Waals surface area contributed by atoms with E-state index in [1.54, 1.807) is 26.0 Å². The van der Waals surface area contributed by atoms with Crippen LogP contribution >= 0.6 is 0 Å². The van der Waals surface area contributed by atoms with Crippen molar-refractivity contribution >= 4 is 16.9 Å². The van der Waals surface area contributed by atoms with Crippen molar-refractivity contribution in [1.82, 2.24) is 0 Å². The average Bonchev–Trinajstić information content (AvgIpc) is 2.73. The van der Waals surface area contributed by atoms with Crippen LogP contribution in [0.5, 0.6) is 17.2 Å². The summed E-state index contributed by atoms with van der Waals surface area (Å²) in [5.41, 5.74) is -0.593. The second kappa shape index (κ2) is 9.33. The summed E-state index contributed by atoms with van der Waals surface area (Å²) in [6.07, 6.45) is -4.65. The third-order valence-electron chi connectivity index (χ3n) is 4.55. The molecule has 0 amide bonds. The van der Waals surface area contributed by atoms with E-state index in [4.69, 9.17) is 18.6 Å². The number of halogens is 3. The topological polar surface area (TPSA) is 75.0 Å². The summed E-state index contributed by atoms with van der Waals surface area (Å²) in [4.78, 5) is 24.6. The first-order chi connectivity index (χ1) is 15.1. The van der Waals surface area contributed by atoms with Gasteiger partial charge in [-0.2, -0.15) is 13.2 Å². The summed E-state index contributed by atoms with van der Waals surface area (Å²) in [5, 5.41) is -0.129. The van der Waals surface area contributed by atoms with Gasteiger partial charge < -0.3 is 18.6 Å². The third-order valence-corrected chi connectivity index (χ3v) is 4.55. The number of benzene rings is 2. The number of esters is 1. The Morgan fingerprint density at radius 1 is 1.12 bits per heavy atom. The van der Waals surface area contributed by atoms with Crippen molar-refractivity contribution in [3.8, 4) is 17.2 Å². The Morgan fingerprint density at radius 2 is 1.88 bits per heavy atom. The lowest BCUT2D eigenvalue weighted by atomic mass is 10.2. The van der Waals surface area contributed by atoms with Gasteiger partial charge in [-0.1, -0.05) is 19.1 Å². The monoisotopic (exact) mass is 450 g/mol. The van der Waals surface area contributed by atoms with Crippen LogP contribution in [0.4, 0.5) is 13.2 Å². The van der Waals surface area contributed by atoms with Gasteiger partial charge in [-0.15, -0.1) is 0 Å². The van der Waals surface area contributed by atoms with Crippen LogP contribution < -0.4 is 14.9 Å². The van der Waals surface area contributed by atoms with Crippen molar-refractivity contribution in [2.24, 2.45) is 0 Å². The molecule has 0 aliphatic rings. The Bertz CT molecular complexity index is 1180. The Hall–Kier alpha value is -3.49. The highest BCUT2D eigenvalue weighted by atomic mass is 19.4. The Balaban J connectivity index is 1.96. The van der Waals surface area contributed by atoms with Gasteiger partial charge in [0.2, 0.25) is 11.2 Å². The van der Waals surface area contributed by atoms with Gasteiger partial charge in [-0.05, 0) is 50.1 Å². The molecule has 0 bridgehead atoms. The molecule has 1 aromatic heterocycles. The van der Waals surface area contributed by atoms with Crippen LogP contribution in [-0.4, -0.2) is 18.7 Å². The highest BCUT2D eigenvalue weighted by molar-refractivity contribution is 5.80. The fourth-order valence-electron chi connectivity index (χ4n) is 2.81. The Morgan fingerprint density at radius 3 is 2.53 bits per heavy atom. The molecule has 32 heavy (non-hydrogen) atoms. The summed E-state index contributed by atoms with van der Waals surface area (Å²) in [7, 11) is 0. The zero-order valence-electron chi connectivity index (χ0n) is 17.6. The molecule has 0 spiro atoms. The largest absolute Gasteiger partial charge is 0.482 e. The first-order valence-corrected chi connectivity index (χ1v) is 9.83. The molecule has 0 aliphatic carbocycles. The van der Waals surface area contributed by atoms with E-state index in [0.717, 1.165) is 11.6 Å². The minimum absolute atomic E-state index is 0.0437. The smallest absolute Gasteiger partial charge is 0.453 e. The minimum Gasteiger partial charge on any atom is -0.482 e. The normalized spacial score (nSPS) is 12.4. The molecule has 2 aromatic carbocycles. The molecule has 1 atom stereocenters. The van der Waals surface area contributed by atoms with Gasteiger partial charge in [0.15, 0.2) is 6.61 Å². The third kappa shape index (κ3) is 5.40. The summed E-state index contributed by atoms with van der Waals surface area (Å²) in [6.45, 7) is 4.86. The summed E-state index contributed by atoms with van der Waals surface area (Å²) < 4.78 is 61.6. The van der Waals surface area contributed by atoms with E-state index in [1.165, 1.54) is 24.3 Å². The maximum absolute atomic E-state index is 13.6. The quantitative estimate of drug-likeness (QED) is 0.434. The van der Waals surface area contributed by atoms with Crippen LogP contribution in [0, 0.1) is 6.92 Å². The first kappa shape index (κ1) is 23.2. The second-order valence-corrected chi connectivity index (χ2v) is 7.16. The zero-order chi connectivity index (χ0) is 23.5. The molecule has 1 heterocycles. The van der Waals surface area contributed by atoms with Crippen molar-refractivity contribution in [3.05, 3.63) is 64.0 Å². The predicted molar refractivity (Wildman–Crippen MR) is 110 cm³/mol. The summed E-state index contributed by atoms with van der Waals surface area (Å²) in [6, 6.07) is 9.97. The number of carbonyl (C=O) groups excluding carboxylic acids is 1. The number of hydrogen-bond acceptors (Lipinski definition) is 6. The molecule has 0 unspecified atom stereocenters. The van der Waals surface area contributed by atoms with Gasteiger partial charge >= 0.3 is 12.1 Å². The molecule has 6 nitrogen and oxygen atoms in total. The lowest BCUT2D eigenvalue weighted by Gasteiger charge is -2.14. The van der Waals surface area contributed by atoms with E-state index in [-0.39, 0.29) is 28.6 Å². The Labute approximate surface area is 181 Å². The van der Waals surface area contributed by atoms with E-state index in [0.29, 0.717) is 6.42 Å². The van der Waals surface area contributed by atoms with Gasteiger partial charge in [0.25, 0.3) is 5.76 Å². The lowest BCUT2D eigenvalue weighted by Crippen LogP contribution is -2.20. The number of alkyl halides is 3. The molecular weight excluding hydrogens is 429 g/mol. The van der Waals surface area contributed by atoms with E-state index in [9.17, 15) is 22.8 Å². The van der Waals surface area contributed by atoms with Gasteiger partial charge in [0.05, 0.1) is 11.5 Å². The molecule has 0 saturated heterocycles. The first-order valence-electron chi connectivity index (χ1n) is 9.83. The van der Waals surface area contributed by atoms with Crippen molar-refractivity contribution in [2.75, 3.05) is 6.61 Å². The average molecular weight is 450 g/mol. The second-order valence-electron chi connectivity index (χ2n) is 7.16. The van der Waals surface area contributed by atoms with Crippen LogP contribution in [0.25, 0.3) is 11.0 Å². The van der Waals surface area contributed by atoms with E-state index >= 15 is 0 Å². The van der Waals surface area contributed by atoms with Gasteiger partial charge in [0, 0.05) is 6.07 Å². The number of hydrogen-bond donors (Lipinski definition) is 0. The fraction of sp³-hybridized carbons (Fsp3) is 0.304. The van der Waals surface area contributed by atoms with Crippen LogP contribution in [0.1, 0.15) is 31.6 Å². The van der Waals surface area contributed by atoms with Crippen molar-refractivity contribution < 1.29 is 36.6 Å². The molecule has 0 fully saturated rings. The van der Waals surface area contributed by atoms with Gasteiger partial charge in [-0.25, -0.2) is 4.79 Å². The molecule has 9 heteroatoms. The lowest BCUT2D eigenvalue weighted by molar-refractivity contribution is -0.154. The maximum atomic E-state index is 13.6. The standard InChI is InChI=1S/C23H21F3O6/c1-4-14(3)30-19(27)12-29-15-8-9-17-18(11-15)32-22(23(24,25)26)21(20(17)28)31-16-7-5-6-13(2)10-16/h5-11,14H,4,12H2,1-3H3/t14-/m0/s1. The fourth-order valence-corrected chi connectivity index (χ4v) is 2.81. The molecular formula is C23H21F3O6. The number of fused-ring (bicyclic) bond motifs is 1. The SMILES string of the molecule is CC[C@H](C)OC(=O)COc1ccc2c(=O)c(Oc3cccc(C)c3)c(C(F)(F)F)oc2c1. The maximum Gasteiger partial charge on any atom is 0.453 e. The van der Waals surface area contributed by atoms with Gasteiger partial charge in [-0.3, -0.25) is 4.79 Å². The molecule has 170 valence electrons. The minimum atomic E-state index is -4.98. The Kier molecular flexibility index (Phi) is 6.76. The molecule has 0 saturated carbocycles. The molecule has 0 N–H and O–H groups in total. The van der Waals surface area contributed by atoms with E-state index in [1.807, 2.05) is 6.92 Å². The number of ether oxygens (including phenoxy) is 3. The molecule has 3 aromatic rings. The number of rotatable bonds is 7. The van der Waals surface area contributed by atoms with Crippen LogP contribution in [0.2, 0.25) is 0 Å². The van der Waals surface area contributed by atoms with Crippen LogP contribution in [0.3, 0.4) is 0 Å². The summed E-state index contributed by atoms with van der Waals surface area (Å²) in [5.74, 6) is -3.03. The van der Waals surface area contributed by atoms with E-state index < -0.39 is 35.7 Å². The van der Waals surface area contributed by atoms with Crippen LogP contribution in [0.15, 0.2) is 51.7 Å². The highest BCUT2D eigenvalue weighted by Gasteiger charge is 2.40. The zero-order valence-corrected chi connectivity index (χ0v) is 17.6. The molecule has 0 aliphatic heterocycles. The van der Waals surface area contributed by atoms with E-state index in [2.05, 4.69) is 0 Å². The van der Waals surface area contributed by atoms with Crippen molar-refractivity contribution in [1.29, 1.82) is 0 Å².